The summed E-state index contributed by atoms with van der Waals surface area (Å²) in [6, 6.07) is 1.56. The lowest BCUT2D eigenvalue weighted by molar-refractivity contribution is 0.438. The Hall–Kier alpha value is -0.510. The summed E-state index contributed by atoms with van der Waals surface area (Å²) >= 11 is 3.27. The number of rotatable bonds is 5. The number of hydrogen-bond acceptors (Lipinski definition) is 5. The number of pyridine rings is 1. The predicted molar refractivity (Wildman–Crippen MR) is 87.4 cm³/mol. The highest BCUT2D eigenvalue weighted by atomic mass is 79.9. The normalized spacial score (nSPS) is 17.8. The first-order chi connectivity index (χ1) is 9.95. The molecule has 1 aliphatic rings. The molecule has 0 amide bonds. The molecule has 2 heterocycles. The largest absolute Gasteiger partial charge is 0.369 e. The molecule has 1 fully saturated rings. The molecule has 0 radical (unpaired) electrons. The molecular weight excluding hydrogens is 378 g/mol. The molecule has 0 unspecified atom stereocenters. The first-order valence-corrected chi connectivity index (χ1v) is 10.4. The molecule has 1 N–H and O–H groups in total. The lowest BCUT2D eigenvalue weighted by atomic mass is 10.4. The molecule has 0 saturated carbocycles. The summed E-state index contributed by atoms with van der Waals surface area (Å²) in [5.74, 6) is 1.14. The molecule has 21 heavy (non-hydrogen) atoms. The van der Waals surface area contributed by atoms with Gasteiger partial charge in [-0.1, -0.05) is 6.92 Å². The number of hydrogen-bond donors (Lipinski definition) is 1. The molecular formula is C12H18BrN3O3S2. The van der Waals surface area contributed by atoms with Gasteiger partial charge in [-0.25, -0.2) is 13.4 Å². The number of aromatic nitrogens is 1. The Morgan fingerprint density at radius 1 is 1.43 bits per heavy atom. The summed E-state index contributed by atoms with van der Waals surface area (Å²) in [5.41, 5.74) is 0. The number of halogens is 1. The van der Waals surface area contributed by atoms with Gasteiger partial charge in [-0.15, -0.1) is 0 Å². The highest BCUT2D eigenvalue weighted by molar-refractivity contribution is 9.10. The topological polar surface area (TPSA) is 79.4 Å². The fourth-order valence-corrected chi connectivity index (χ4v) is 5.35. The van der Waals surface area contributed by atoms with E-state index in [1.165, 1.54) is 4.31 Å². The van der Waals surface area contributed by atoms with E-state index < -0.39 is 20.8 Å². The van der Waals surface area contributed by atoms with Crippen molar-refractivity contribution in [2.45, 2.75) is 18.2 Å². The molecule has 1 aliphatic heterocycles. The third kappa shape index (κ3) is 4.02. The average molecular weight is 396 g/mol. The van der Waals surface area contributed by atoms with Crippen LogP contribution in [0.4, 0.5) is 5.82 Å². The first kappa shape index (κ1) is 16.9. The second-order valence-corrected chi connectivity index (χ2v) is 9.20. The molecule has 6 nitrogen and oxygen atoms in total. The maximum Gasteiger partial charge on any atom is 0.246 e. The van der Waals surface area contributed by atoms with Crippen LogP contribution in [-0.2, 0) is 20.8 Å². The van der Waals surface area contributed by atoms with Gasteiger partial charge in [-0.3, -0.25) is 4.21 Å². The van der Waals surface area contributed by atoms with Crippen LogP contribution in [0.1, 0.15) is 13.3 Å². The minimum Gasteiger partial charge on any atom is -0.369 e. The summed E-state index contributed by atoms with van der Waals surface area (Å²) in [6.07, 6.45) is 2.45. The van der Waals surface area contributed by atoms with Crippen LogP contribution in [0.3, 0.4) is 0 Å². The molecule has 0 aliphatic carbocycles. The molecule has 2 rings (SSSR count). The lowest BCUT2D eigenvalue weighted by Crippen LogP contribution is -2.42. The Morgan fingerprint density at radius 3 is 2.71 bits per heavy atom. The second kappa shape index (κ2) is 7.17. The van der Waals surface area contributed by atoms with Gasteiger partial charge in [0.1, 0.15) is 10.7 Å². The Kier molecular flexibility index (Phi) is 5.75. The van der Waals surface area contributed by atoms with Crippen LogP contribution in [-0.4, -0.2) is 53.1 Å². The van der Waals surface area contributed by atoms with Gasteiger partial charge in [0.25, 0.3) is 0 Å². The summed E-state index contributed by atoms with van der Waals surface area (Å²) in [5, 5.41) is 3.05. The van der Waals surface area contributed by atoms with Crippen molar-refractivity contribution >= 4 is 42.6 Å². The zero-order valence-corrected chi connectivity index (χ0v) is 14.9. The number of sulfonamides is 1. The monoisotopic (exact) mass is 395 g/mol. The van der Waals surface area contributed by atoms with Gasteiger partial charge in [0.05, 0.1) is 0 Å². The van der Waals surface area contributed by atoms with E-state index in [-0.39, 0.29) is 18.0 Å². The van der Waals surface area contributed by atoms with Crippen molar-refractivity contribution in [1.82, 2.24) is 9.29 Å². The molecule has 9 heteroatoms. The van der Waals surface area contributed by atoms with Crippen molar-refractivity contribution in [3.05, 3.63) is 16.7 Å². The van der Waals surface area contributed by atoms with Crippen LogP contribution >= 0.6 is 15.9 Å². The van der Waals surface area contributed by atoms with Gasteiger partial charge in [-0.2, -0.15) is 4.31 Å². The van der Waals surface area contributed by atoms with Crippen LogP contribution in [0.2, 0.25) is 0 Å². The Balaban J connectivity index is 2.34. The third-order valence-corrected chi connectivity index (χ3v) is 6.74. The number of nitrogens with one attached hydrogen (secondary N) is 1. The molecule has 1 aromatic rings. The molecule has 0 atom stereocenters. The number of nitrogens with zero attached hydrogens (tertiary/aromatic N) is 2. The molecule has 118 valence electrons. The van der Waals surface area contributed by atoms with Gasteiger partial charge < -0.3 is 5.32 Å². The zero-order chi connectivity index (χ0) is 15.5. The first-order valence-electron chi connectivity index (χ1n) is 6.69. The van der Waals surface area contributed by atoms with E-state index >= 15 is 0 Å². The van der Waals surface area contributed by atoms with Gasteiger partial charge >= 0.3 is 0 Å². The molecule has 1 saturated heterocycles. The average Bonchev–Trinajstić information content (AvgIpc) is 2.46. The van der Waals surface area contributed by atoms with Crippen molar-refractivity contribution in [1.29, 1.82) is 0 Å². The van der Waals surface area contributed by atoms with Crippen LogP contribution in [0.25, 0.3) is 0 Å². The van der Waals surface area contributed by atoms with Crippen LogP contribution < -0.4 is 5.32 Å². The SMILES string of the molecule is CCCNc1ncc(Br)cc1S(=O)(=O)N1CCS(=O)CC1. The van der Waals surface area contributed by atoms with E-state index in [0.29, 0.717) is 28.3 Å². The second-order valence-electron chi connectivity index (χ2n) is 4.68. The Labute approximate surface area is 136 Å². The number of anilines is 1. The van der Waals surface area contributed by atoms with Gasteiger partial charge in [-0.05, 0) is 28.4 Å². The van der Waals surface area contributed by atoms with Gasteiger partial charge in [0.2, 0.25) is 10.0 Å². The molecule has 0 aromatic carbocycles. The molecule has 1 aromatic heterocycles. The summed E-state index contributed by atoms with van der Waals surface area (Å²) in [4.78, 5) is 4.33. The quantitative estimate of drug-likeness (QED) is 0.815. The van der Waals surface area contributed by atoms with Gasteiger partial charge in [0, 0.05) is 52.6 Å². The highest BCUT2D eigenvalue weighted by Crippen LogP contribution is 2.26. The van der Waals surface area contributed by atoms with Crippen LogP contribution in [0, 0.1) is 0 Å². The van der Waals surface area contributed by atoms with Crippen molar-refractivity contribution in [3.8, 4) is 0 Å². The van der Waals surface area contributed by atoms with Crippen LogP contribution in [0.15, 0.2) is 21.6 Å². The zero-order valence-electron chi connectivity index (χ0n) is 11.7. The minimum atomic E-state index is -3.63. The van der Waals surface area contributed by atoms with Gasteiger partial charge in [0.15, 0.2) is 0 Å². The third-order valence-electron chi connectivity index (χ3n) is 3.12. The summed E-state index contributed by atoms with van der Waals surface area (Å²) < 4.78 is 38.9. The van der Waals surface area contributed by atoms with Crippen molar-refractivity contribution in [2.75, 3.05) is 36.5 Å². The Bertz CT molecular complexity index is 627. The maximum atomic E-state index is 12.8. The van der Waals surface area contributed by atoms with Crippen molar-refractivity contribution in [3.63, 3.8) is 0 Å². The van der Waals surface area contributed by atoms with E-state index in [9.17, 15) is 12.6 Å². The summed E-state index contributed by atoms with van der Waals surface area (Å²) in [6.45, 7) is 3.23. The molecule has 0 bridgehead atoms. The minimum absolute atomic E-state index is 0.165. The predicted octanol–water partition coefficient (Wildman–Crippen LogP) is 1.42. The van der Waals surface area contributed by atoms with E-state index in [4.69, 9.17) is 0 Å². The maximum absolute atomic E-state index is 12.8. The van der Waals surface area contributed by atoms with Crippen molar-refractivity contribution in [2.24, 2.45) is 0 Å². The standard InChI is InChI=1S/C12H18BrN3O3S2/c1-2-3-14-12-11(8-10(13)9-15-12)21(18,19)16-4-6-20(17)7-5-16/h8-9H,2-7H2,1H3,(H,14,15). The highest BCUT2D eigenvalue weighted by Gasteiger charge is 2.30. The fourth-order valence-electron chi connectivity index (χ4n) is 1.99. The smallest absolute Gasteiger partial charge is 0.246 e. The molecule has 0 spiro atoms. The van der Waals surface area contributed by atoms with E-state index in [0.717, 1.165) is 6.42 Å². The van der Waals surface area contributed by atoms with Crippen molar-refractivity contribution < 1.29 is 12.6 Å². The van der Waals surface area contributed by atoms with E-state index in [1.807, 2.05) is 6.92 Å². The summed E-state index contributed by atoms with van der Waals surface area (Å²) in [7, 11) is -4.54. The van der Waals surface area contributed by atoms with Crippen LogP contribution in [0.5, 0.6) is 0 Å². The van der Waals surface area contributed by atoms with E-state index in [2.05, 4.69) is 26.2 Å². The fraction of sp³-hybridized carbons (Fsp3) is 0.583. The van der Waals surface area contributed by atoms with E-state index in [1.54, 1.807) is 12.3 Å². The lowest BCUT2D eigenvalue weighted by Gasteiger charge is -2.26. The Morgan fingerprint density at radius 2 is 2.10 bits per heavy atom.